The Morgan fingerprint density at radius 1 is 1.08 bits per heavy atom. The Bertz CT molecular complexity index is 110. The van der Waals surface area contributed by atoms with E-state index in [0.29, 0.717) is 12.5 Å². The molecule has 0 aromatic rings. The lowest BCUT2D eigenvalue weighted by atomic mass is 9.81. The SMILES string of the molecule is CC[C@@H](CO)C1CCCCCCC1. The summed E-state index contributed by atoms with van der Waals surface area (Å²) in [5.41, 5.74) is 0. The minimum atomic E-state index is 0.404. The minimum Gasteiger partial charge on any atom is -0.396 e. The van der Waals surface area contributed by atoms with E-state index in [1.54, 1.807) is 0 Å². The van der Waals surface area contributed by atoms with Gasteiger partial charge in [0.2, 0.25) is 0 Å². The van der Waals surface area contributed by atoms with Crippen molar-refractivity contribution in [2.45, 2.75) is 58.3 Å². The minimum absolute atomic E-state index is 0.404. The molecule has 1 heteroatoms. The van der Waals surface area contributed by atoms with Gasteiger partial charge in [0.05, 0.1) is 0 Å². The Hall–Kier alpha value is -0.0400. The van der Waals surface area contributed by atoms with Crippen molar-refractivity contribution in [3.63, 3.8) is 0 Å². The highest BCUT2D eigenvalue weighted by Gasteiger charge is 2.19. The zero-order valence-corrected chi connectivity index (χ0v) is 8.97. The third kappa shape index (κ3) is 3.68. The van der Waals surface area contributed by atoms with Crippen LogP contribution in [-0.2, 0) is 0 Å². The van der Waals surface area contributed by atoms with E-state index in [1.165, 1.54) is 44.9 Å². The number of hydrogen-bond acceptors (Lipinski definition) is 1. The molecule has 0 bridgehead atoms. The van der Waals surface area contributed by atoms with Crippen molar-refractivity contribution >= 4 is 0 Å². The first-order chi connectivity index (χ1) is 6.38. The molecule has 0 spiro atoms. The maximum atomic E-state index is 9.24. The van der Waals surface area contributed by atoms with E-state index in [4.69, 9.17) is 0 Å². The first kappa shape index (κ1) is 11.0. The van der Waals surface area contributed by atoms with Crippen LogP contribution in [0.4, 0.5) is 0 Å². The zero-order valence-electron chi connectivity index (χ0n) is 8.97. The van der Waals surface area contributed by atoms with Crippen LogP contribution in [0, 0.1) is 11.8 Å². The summed E-state index contributed by atoms with van der Waals surface area (Å²) in [4.78, 5) is 0. The average molecular weight is 184 g/mol. The molecular weight excluding hydrogens is 160 g/mol. The summed E-state index contributed by atoms with van der Waals surface area (Å²) in [5, 5.41) is 9.24. The fourth-order valence-corrected chi connectivity index (χ4v) is 2.57. The molecule has 1 atom stereocenters. The molecule has 0 radical (unpaired) electrons. The third-order valence-corrected chi connectivity index (χ3v) is 3.58. The second kappa shape index (κ2) is 6.42. The molecular formula is C12H24O. The van der Waals surface area contributed by atoms with Crippen LogP contribution >= 0.6 is 0 Å². The molecule has 13 heavy (non-hydrogen) atoms. The van der Waals surface area contributed by atoms with E-state index in [0.717, 1.165) is 12.3 Å². The Labute approximate surface area is 82.5 Å². The van der Waals surface area contributed by atoms with E-state index < -0.39 is 0 Å². The van der Waals surface area contributed by atoms with Crippen LogP contribution in [0.5, 0.6) is 0 Å². The highest BCUT2D eigenvalue weighted by molar-refractivity contribution is 4.70. The lowest BCUT2D eigenvalue weighted by molar-refractivity contribution is 0.151. The Kier molecular flexibility index (Phi) is 5.45. The van der Waals surface area contributed by atoms with E-state index in [1.807, 2.05) is 0 Å². The Balaban J connectivity index is 2.35. The summed E-state index contributed by atoms with van der Waals surface area (Å²) in [7, 11) is 0. The molecule has 1 fully saturated rings. The van der Waals surface area contributed by atoms with Crippen molar-refractivity contribution in [2.24, 2.45) is 11.8 Å². The maximum absolute atomic E-state index is 9.24. The van der Waals surface area contributed by atoms with Gasteiger partial charge in [0, 0.05) is 6.61 Å². The molecule has 0 aliphatic heterocycles. The quantitative estimate of drug-likeness (QED) is 0.713. The van der Waals surface area contributed by atoms with E-state index >= 15 is 0 Å². The smallest absolute Gasteiger partial charge is 0.0461 e. The predicted octanol–water partition coefficient (Wildman–Crippen LogP) is 3.37. The van der Waals surface area contributed by atoms with Gasteiger partial charge < -0.3 is 5.11 Å². The molecule has 0 aromatic heterocycles. The highest BCUT2D eigenvalue weighted by Crippen LogP contribution is 2.29. The number of hydrogen-bond donors (Lipinski definition) is 1. The second-order valence-corrected chi connectivity index (χ2v) is 4.46. The van der Waals surface area contributed by atoms with Crippen LogP contribution in [0.25, 0.3) is 0 Å². The molecule has 0 unspecified atom stereocenters. The second-order valence-electron chi connectivity index (χ2n) is 4.46. The van der Waals surface area contributed by atoms with E-state index in [2.05, 4.69) is 6.92 Å². The average Bonchev–Trinajstić information content (AvgIpc) is 2.09. The number of aliphatic hydroxyl groups excluding tert-OH is 1. The van der Waals surface area contributed by atoms with E-state index in [-0.39, 0.29) is 0 Å². The van der Waals surface area contributed by atoms with Gasteiger partial charge in [0.1, 0.15) is 0 Å². The standard InChI is InChI=1S/C12H24O/c1-2-11(10-13)12-8-6-4-3-5-7-9-12/h11-13H,2-10H2,1H3/t11-/m0/s1. The van der Waals surface area contributed by atoms with Gasteiger partial charge >= 0.3 is 0 Å². The molecule has 1 nitrogen and oxygen atoms in total. The van der Waals surface area contributed by atoms with Crippen molar-refractivity contribution in [3.05, 3.63) is 0 Å². The molecule has 1 aliphatic rings. The van der Waals surface area contributed by atoms with Crippen molar-refractivity contribution in [2.75, 3.05) is 6.61 Å². The molecule has 0 saturated heterocycles. The van der Waals surface area contributed by atoms with Crippen LogP contribution in [0.2, 0.25) is 0 Å². The fraction of sp³-hybridized carbons (Fsp3) is 1.00. The summed E-state index contributed by atoms with van der Waals surface area (Å²) in [6.07, 6.45) is 10.9. The molecule has 0 aromatic carbocycles. The van der Waals surface area contributed by atoms with Gasteiger partial charge in [-0.1, -0.05) is 58.3 Å². The number of rotatable bonds is 3. The van der Waals surface area contributed by atoms with Gasteiger partial charge in [-0.05, 0) is 11.8 Å². The lowest BCUT2D eigenvalue weighted by Crippen LogP contribution is -2.19. The van der Waals surface area contributed by atoms with Gasteiger partial charge in [-0.2, -0.15) is 0 Å². The first-order valence-corrected chi connectivity index (χ1v) is 5.99. The normalized spacial score (nSPS) is 23.5. The van der Waals surface area contributed by atoms with Gasteiger partial charge in [0.25, 0.3) is 0 Å². The van der Waals surface area contributed by atoms with Gasteiger partial charge in [0.15, 0.2) is 0 Å². The first-order valence-electron chi connectivity index (χ1n) is 5.99. The van der Waals surface area contributed by atoms with E-state index in [9.17, 15) is 5.11 Å². The number of aliphatic hydroxyl groups is 1. The molecule has 78 valence electrons. The van der Waals surface area contributed by atoms with Crippen LogP contribution in [0.3, 0.4) is 0 Å². The van der Waals surface area contributed by atoms with Crippen LogP contribution in [0.1, 0.15) is 58.3 Å². The Morgan fingerprint density at radius 3 is 2.08 bits per heavy atom. The molecule has 0 amide bonds. The highest BCUT2D eigenvalue weighted by atomic mass is 16.3. The summed E-state index contributed by atoms with van der Waals surface area (Å²) in [6.45, 7) is 2.61. The van der Waals surface area contributed by atoms with Gasteiger partial charge in [-0.15, -0.1) is 0 Å². The van der Waals surface area contributed by atoms with Gasteiger partial charge in [-0.25, -0.2) is 0 Å². The van der Waals surface area contributed by atoms with Crippen LogP contribution in [0.15, 0.2) is 0 Å². The molecule has 0 heterocycles. The van der Waals surface area contributed by atoms with Crippen molar-refractivity contribution in [1.82, 2.24) is 0 Å². The van der Waals surface area contributed by atoms with Crippen molar-refractivity contribution < 1.29 is 5.11 Å². The summed E-state index contributed by atoms with van der Waals surface area (Å²) >= 11 is 0. The van der Waals surface area contributed by atoms with Crippen molar-refractivity contribution in [1.29, 1.82) is 0 Å². The van der Waals surface area contributed by atoms with Crippen LogP contribution in [-0.4, -0.2) is 11.7 Å². The molecule has 1 rings (SSSR count). The largest absolute Gasteiger partial charge is 0.396 e. The zero-order chi connectivity index (χ0) is 9.52. The Morgan fingerprint density at radius 2 is 1.62 bits per heavy atom. The summed E-state index contributed by atoms with van der Waals surface area (Å²) < 4.78 is 0. The fourth-order valence-electron chi connectivity index (χ4n) is 2.57. The summed E-state index contributed by atoms with van der Waals surface area (Å²) in [6, 6.07) is 0. The molecule has 1 N–H and O–H groups in total. The summed E-state index contributed by atoms with van der Waals surface area (Å²) in [5.74, 6) is 1.40. The van der Waals surface area contributed by atoms with Gasteiger partial charge in [-0.3, -0.25) is 0 Å². The maximum Gasteiger partial charge on any atom is 0.0461 e. The molecule has 1 aliphatic carbocycles. The third-order valence-electron chi connectivity index (χ3n) is 3.58. The van der Waals surface area contributed by atoms with Crippen molar-refractivity contribution in [3.8, 4) is 0 Å². The lowest BCUT2D eigenvalue weighted by Gasteiger charge is -2.26. The van der Waals surface area contributed by atoms with Crippen LogP contribution < -0.4 is 0 Å². The molecule has 1 saturated carbocycles. The predicted molar refractivity (Wildman–Crippen MR) is 56.7 cm³/mol. The monoisotopic (exact) mass is 184 g/mol. The topological polar surface area (TPSA) is 20.2 Å².